The van der Waals surface area contributed by atoms with E-state index in [1.165, 1.54) is 0 Å². The molecule has 0 N–H and O–H groups in total. The van der Waals surface area contributed by atoms with Crippen LogP contribution in [0.3, 0.4) is 0 Å². The Morgan fingerprint density at radius 2 is 1.53 bits per heavy atom. The van der Waals surface area contributed by atoms with Gasteiger partial charge in [0.15, 0.2) is 0 Å². The van der Waals surface area contributed by atoms with Gasteiger partial charge in [0.25, 0.3) is 0 Å². The molecule has 15 heavy (non-hydrogen) atoms. The lowest BCUT2D eigenvalue weighted by Crippen LogP contribution is -2.44. The van der Waals surface area contributed by atoms with Crippen molar-refractivity contribution in [2.45, 2.75) is 19.0 Å². The van der Waals surface area contributed by atoms with Crippen molar-refractivity contribution in [3.05, 3.63) is 0 Å². The van der Waals surface area contributed by atoms with E-state index in [0.29, 0.717) is 0 Å². The van der Waals surface area contributed by atoms with Crippen LogP contribution < -0.4 is 0 Å². The molecule has 0 spiro atoms. The Hall–Kier alpha value is -0.395. The van der Waals surface area contributed by atoms with Gasteiger partial charge in [-0.25, -0.2) is 0 Å². The fraction of sp³-hybridized carbons (Fsp3) is 1.00. The van der Waals surface area contributed by atoms with Gasteiger partial charge in [-0.2, -0.15) is 13.2 Å². The number of alkyl halides is 3. The maximum Gasteiger partial charge on any atom is 0.492 e. The summed E-state index contributed by atoms with van der Waals surface area (Å²) in [5, 5.41) is 0. The molecule has 1 aliphatic heterocycles. The monoisotopic (exact) mass is 234 g/mol. The van der Waals surface area contributed by atoms with E-state index < -0.39 is 25.5 Å². The molecule has 1 nitrogen and oxygen atoms in total. The quantitative estimate of drug-likeness (QED) is 0.524. The predicted octanol–water partition coefficient (Wildman–Crippen LogP) is 2.65. The third-order valence-corrected chi connectivity index (χ3v) is 2.52. The van der Waals surface area contributed by atoms with Gasteiger partial charge >= 0.3 is 13.2 Å². The number of piperidine rings is 1. The Kier molecular flexibility index (Phi) is 3.57. The Morgan fingerprint density at radius 1 is 1.07 bits per heavy atom. The normalized spacial score (nSPS) is 22.0. The average Bonchev–Trinajstić information content (AvgIpc) is 2.00. The van der Waals surface area contributed by atoms with Crippen LogP contribution in [-0.4, -0.2) is 37.6 Å². The van der Waals surface area contributed by atoms with Crippen molar-refractivity contribution in [2.75, 3.05) is 19.5 Å². The van der Waals surface area contributed by atoms with Gasteiger partial charge in [0.05, 0.1) is 5.92 Å². The lowest BCUT2D eigenvalue weighted by atomic mass is 9.88. The van der Waals surface area contributed by atoms with Crippen molar-refractivity contribution < 1.29 is 26.1 Å². The minimum atomic E-state index is -4.93. The van der Waals surface area contributed by atoms with Crippen LogP contribution in [0.15, 0.2) is 0 Å². The summed E-state index contributed by atoms with van der Waals surface area (Å²) in [5.74, 6) is -1.44. The topological polar surface area (TPSA) is 3.24 Å². The Morgan fingerprint density at radius 3 is 1.87 bits per heavy atom. The van der Waals surface area contributed by atoms with Gasteiger partial charge in [0.2, 0.25) is 0 Å². The highest BCUT2D eigenvalue weighted by Crippen LogP contribution is 2.34. The maximum atomic E-state index is 12.2. The molecule has 0 saturated carbocycles. The predicted molar refractivity (Wildman–Crippen MR) is 44.3 cm³/mol. The smallest absolute Gasteiger partial charge is 0.448 e. The Labute approximate surface area is 83.5 Å². The number of likely N-dealkylation sites (tertiary alicyclic amines) is 1. The standard InChI is InChI=1S/C7H11BF6N/c9-7(10,11)6-1-3-15(4-2-6)5-8(12,13)14/h6H,1-5H2/q-1. The van der Waals surface area contributed by atoms with Crippen LogP contribution in [0.1, 0.15) is 12.8 Å². The van der Waals surface area contributed by atoms with Crippen LogP contribution in [-0.2, 0) is 0 Å². The number of hydrogen-bond acceptors (Lipinski definition) is 1. The summed E-state index contributed by atoms with van der Waals surface area (Å²) >= 11 is 0. The molecule has 0 aromatic rings. The van der Waals surface area contributed by atoms with Gasteiger partial charge in [-0.15, -0.1) is 0 Å². The average molecular weight is 234 g/mol. The van der Waals surface area contributed by atoms with Crippen molar-refractivity contribution in [3.63, 3.8) is 0 Å². The highest BCUT2D eigenvalue weighted by molar-refractivity contribution is 6.58. The first-order chi connectivity index (χ1) is 6.68. The molecule has 1 fully saturated rings. The Bertz CT molecular complexity index is 205. The van der Waals surface area contributed by atoms with Crippen LogP contribution in [0.25, 0.3) is 0 Å². The second-order valence-corrected chi connectivity index (χ2v) is 3.83. The molecular formula is C7H11BF6N-. The summed E-state index contributed by atoms with van der Waals surface area (Å²) in [6.07, 6.45) is -5.77. The molecular weight excluding hydrogens is 223 g/mol. The van der Waals surface area contributed by atoms with Crippen molar-refractivity contribution in [1.82, 2.24) is 4.90 Å². The van der Waals surface area contributed by atoms with E-state index in [9.17, 15) is 26.1 Å². The van der Waals surface area contributed by atoms with E-state index in [0.717, 1.165) is 4.90 Å². The lowest BCUT2D eigenvalue weighted by molar-refractivity contribution is -0.184. The van der Waals surface area contributed by atoms with E-state index in [-0.39, 0.29) is 25.9 Å². The van der Waals surface area contributed by atoms with E-state index >= 15 is 0 Å². The fourth-order valence-corrected chi connectivity index (χ4v) is 1.74. The molecule has 0 radical (unpaired) electrons. The molecule has 0 amide bonds. The fourth-order valence-electron chi connectivity index (χ4n) is 1.74. The van der Waals surface area contributed by atoms with Gasteiger partial charge in [0.1, 0.15) is 0 Å². The third kappa shape index (κ3) is 4.32. The highest BCUT2D eigenvalue weighted by Gasteiger charge is 2.41. The second kappa shape index (κ2) is 4.23. The maximum absolute atomic E-state index is 12.2. The zero-order valence-electron chi connectivity index (χ0n) is 7.91. The molecule has 90 valence electrons. The minimum Gasteiger partial charge on any atom is -0.448 e. The van der Waals surface area contributed by atoms with Gasteiger partial charge < -0.3 is 17.8 Å². The highest BCUT2D eigenvalue weighted by atomic mass is 19.4. The van der Waals surface area contributed by atoms with Crippen LogP contribution >= 0.6 is 0 Å². The molecule has 8 heteroatoms. The number of hydrogen-bond donors (Lipinski definition) is 0. The van der Waals surface area contributed by atoms with Crippen LogP contribution in [0, 0.1) is 5.92 Å². The Balaban J connectivity index is 2.37. The molecule has 1 saturated heterocycles. The van der Waals surface area contributed by atoms with Gasteiger partial charge in [-0.3, -0.25) is 0 Å². The summed E-state index contributed by atoms with van der Waals surface area (Å²) in [5.41, 5.74) is 0. The van der Waals surface area contributed by atoms with E-state index in [4.69, 9.17) is 0 Å². The third-order valence-electron chi connectivity index (χ3n) is 2.52. The first kappa shape index (κ1) is 12.7. The van der Waals surface area contributed by atoms with Crippen molar-refractivity contribution in [3.8, 4) is 0 Å². The summed E-state index contributed by atoms with van der Waals surface area (Å²) in [6.45, 7) is -5.17. The first-order valence-electron chi connectivity index (χ1n) is 4.68. The van der Waals surface area contributed by atoms with E-state index in [1.54, 1.807) is 0 Å². The summed E-state index contributed by atoms with van der Waals surface area (Å²) < 4.78 is 72.4. The molecule has 1 heterocycles. The van der Waals surface area contributed by atoms with Crippen molar-refractivity contribution in [2.24, 2.45) is 5.92 Å². The number of rotatable bonds is 2. The largest absolute Gasteiger partial charge is 0.492 e. The van der Waals surface area contributed by atoms with Gasteiger partial charge in [-0.05, 0) is 32.4 Å². The van der Waals surface area contributed by atoms with Crippen LogP contribution in [0.2, 0.25) is 0 Å². The van der Waals surface area contributed by atoms with Crippen LogP contribution in [0.4, 0.5) is 26.1 Å². The molecule has 1 rings (SSSR count). The van der Waals surface area contributed by atoms with Crippen molar-refractivity contribution in [1.29, 1.82) is 0 Å². The zero-order chi connectivity index (χ0) is 11.7. The van der Waals surface area contributed by atoms with Crippen molar-refractivity contribution >= 4 is 6.98 Å². The summed E-state index contributed by atoms with van der Waals surface area (Å²) in [7, 11) is 0. The molecule has 0 atom stereocenters. The summed E-state index contributed by atoms with van der Waals surface area (Å²) in [6, 6.07) is 0. The molecule has 0 unspecified atom stereocenters. The number of halogens is 6. The number of nitrogens with zero attached hydrogens (tertiary/aromatic N) is 1. The molecule has 0 bridgehead atoms. The molecule has 0 aromatic heterocycles. The zero-order valence-corrected chi connectivity index (χ0v) is 7.91. The molecule has 0 aliphatic carbocycles. The molecule has 1 aliphatic rings. The SMILES string of the molecule is F[B-](F)(F)CN1CCC(C(F)(F)F)CC1. The van der Waals surface area contributed by atoms with E-state index in [1.807, 2.05) is 0 Å². The molecule has 0 aromatic carbocycles. The van der Waals surface area contributed by atoms with Gasteiger partial charge in [-0.1, -0.05) is 0 Å². The van der Waals surface area contributed by atoms with E-state index in [2.05, 4.69) is 0 Å². The second-order valence-electron chi connectivity index (χ2n) is 3.83. The lowest BCUT2D eigenvalue weighted by Gasteiger charge is -2.35. The minimum absolute atomic E-state index is 0.120. The summed E-state index contributed by atoms with van der Waals surface area (Å²) in [4.78, 5) is 1.04. The van der Waals surface area contributed by atoms with Gasteiger partial charge in [0, 0.05) is 0 Å². The first-order valence-corrected chi connectivity index (χ1v) is 4.68. The van der Waals surface area contributed by atoms with Crippen LogP contribution in [0.5, 0.6) is 0 Å².